The monoisotopic (exact) mass is 401 g/mol. The molecule has 0 spiro atoms. The number of carbonyl (C=O) groups excluding carboxylic acids is 1. The van der Waals surface area contributed by atoms with E-state index >= 15 is 0 Å². The van der Waals surface area contributed by atoms with Gasteiger partial charge in [0, 0.05) is 17.8 Å². The Morgan fingerprint density at radius 2 is 1.89 bits per heavy atom. The second-order valence-electron chi connectivity index (χ2n) is 6.41. The zero-order valence-electron chi connectivity index (χ0n) is 15.4. The fourth-order valence-corrected chi connectivity index (χ4v) is 5.11. The van der Waals surface area contributed by atoms with Gasteiger partial charge in [0.15, 0.2) is 4.34 Å². The average Bonchev–Trinajstić information content (AvgIpc) is 2.98. The molecule has 3 rings (SSSR count). The number of anilines is 1. The van der Waals surface area contributed by atoms with E-state index in [1.54, 1.807) is 6.07 Å². The summed E-state index contributed by atoms with van der Waals surface area (Å²) in [4.78, 5) is 27.6. The van der Waals surface area contributed by atoms with Crippen LogP contribution in [0.4, 0.5) is 11.4 Å². The van der Waals surface area contributed by atoms with Gasteiger partial charge in [0.1, 0.15) is 0 Å². The highest BCUT2D eigenvalue weighted by atomic mass is 32.2. The first-order valence-corrected chi connectivity index (χ1v) is 10.0. The maximum Gasteiger partial charge on any atom is 0.270 e. The van der Waals surface area contributed by atoms with Gasteiger partial charge in [-0.25, -0.2) is 4.98 Å². The molecule has 0 aliphatic rings. The van der Waals surface area contributed by atoms with Gasteiger partial charge in [-0.3, -0.25) is 14.9 Å². The third-order valence-electron chi connectivity index (χ3n) is 4.14. The van der Waals surface area contributed by atoms with Gasteiger partial charge < -0.3 is 5.32 Å². The molecule has 1 heterocycles. The summed E-state index contributed by atoms with van der Waals surface area (Å²) in [5.41, 5.74) is 4.81. The molecular weight excluding hydrogens is 382 g/mol. The first kappa shape index (κ1) is 19.3. The molecule has 1 amide bonds. The summed E-state index contributed by atoms with van der Waals surface area (Å²) >= 11 is 2.71. The number of aryl methyl sites for hydroxylation is 3. The van der Waals surface area contributed by atoms with Crippen molar-refractivity contribution >= 4 is 50.6 Å². The Morgan fingerprint density at radius 1 is 1.22 bits per heavy atom. The maximum absolute atomic E-state index is 12.6. The number of nitrogens with zero attached hydrogens (tertiary/aromatic N) is 2. The molecule has 6 nitrogen and oxygen atoms in total. The van der Waals surface area contributed by atoms with Crippen molar-refractivity contribution < 1.29 is 9.72 Å². The van der Waals surface area contributed by atoms with Crippen molar-refractivity contribution in [2.75, 3.05) is 5.32 Å². The van der Waals surface area contributed by atoms with Gasteiger partial charge in [-0.05, 0) is 44.9 Å². The summed E-state index contributed by atoms with van der Waals surface area (Å²) in [5, 5.41) is 13.6. The van der Waals surface area contributed by atoms with Gasteiger partial charge in [0.25, 0.3) is 5.69 Å². The van der Waals surface area contributed by atoms with E-state index in [1.165, 1.54) is 35.2 Å². The van der Waals surface area contributed by atoms with E-state index in [1.807, 2.05) is 39.8 Å². The number of hydrogen-bond donors (Lipinski definition) is 1. The van der Waals surface area contributed by atoms with Crippen molar-refractivity contribution in [3.63, 3.8) is 0 Å². The molecule has 1 unspecified atom stereocenters. The smallest absolute Gasteiger partial charge is 0.270 e. The Hall–Kier alpha value is -2.45. The predicted octanol–water partition coefficient (Wildman–Crippen LogP) is 5.25. The van der Waals surface area contributed by atoms with Gasteiger partial charge in [0.05, 0.1) is 20.4 Å². The number of non-ortho nitro benzene ring substituents is 1. The Kier molecular flexibility index (Phi) is 5.48. The van der Waals surface area contributed by atoms with Crippen LogP contribution in [-0.2, 0) is 4.79 Å². The van der Waals surface area contributed by atoms with E-state index in [9.17, 15) is 14.9 Å². The van der Waals surface area contributed by atoms with Crippen LogP contribution in [-0.4, -0.2) is 21.1 Å². The number of nitro groups is 1. The molecule has 0 bridgehead atoms. The van der Waals surface area contributed by atoms with Gasteiger partial charge in [0.2, 0.25) is 5.91 Å². The molecule has 27 heavy (non-hydrogen) atoms. The lowest BCUT2D eigenvalue weighted by atomic mass is 10.1. The van der Waals surface area contributed by atoms with E-state index in [0.29, 0.717) is 9.86 Å². The second-order valence-corrected chi connectivity index (χ2v) is 9.03. The molecule has 1 atom stereocenters. The number of hydrogen-bond acceptors (Lipinski definition) is 6. The quantitative estimate of drug-likeness (QED) is 0.358. The predicted molar refractivity (Wildman–Crippen MR) is 111 cm³/mol. The molecule has 0 fully saturated rings. The van der Waals surface area contributed by atoms with Crippen LogP contribution in [0.2, 0.25) is 0 Å². The Morgan fingerprint density at radius 3 is 2.52 bits per heavy atom. The number of thiazole rings is 1. The second kappa shape index (κ2) is 7.66. The normalized spacial score (nSPS) is 12.1. The van der Waals surface area contributed by atoms with Crippen molar-refractivity contribution in [2.24, 2.45) is 0 Å². The number of benzene rings is 2. The van der Waals surface area contributed by atoms with Crippen molar-refractivity contribution in [3.05, 3.63) is 57.1 Å². The van der Waals surface area contributed by atoms with Gasteiger partial charge in [-0.15, -0.1) is 11.3 Å². The van der Waals surface area contributed by atoms with Crippen molar-refractivity contribution in [1.82, 2.24) is 4.98 Å². The molecule has 1 N–H and O–H groups in total. The van der Waals surface area contributed by atoms with Crippen LogP contribution in [0, 0.1) is 30.9 Å². The minimum absolute atomic E-state index is 0.0406. The highest BCUT2D eigenvalue weighted by Crippen LogP contribution is 2.34. The van der Waals surface area contributed by atoms with Crippen LogP contribution >= 0.6 is 23.1 Å². The topological polar surface area (TPSA) is 85.1 Å². The summed E-state index contributed by atoms with van der Waals surface area (Å²) in [6, 6.07) is 8.68. The van der Waals surface area contributed by atoms with Gasteiger partial charge in [-0.1, -0.05) is 29.5 Å². The molecular formula is C19H19N3O3S2. The number of nitrogens with one attached hydrogen (secondary N) is 1. The minimum atomic E-state index is -0.422. The zero-order chi connectivity index (χ0) is 19.7. The van der Waals surface area contributed by atoms with E-state index in [4.69, 9.17) is 0 Å². The van der Waals surface area contributed by atoms with Crippen LogP contribution < -0.4 is 5.32 Å². The molecule has 0 aliphatic heterocycles. The maximum atomic E-state index is 12.6. The Balaban J connectivity index is 1.75. The average molecular weight is 402 g/mol. The van der Waals surface area contributed by atoms with E-state index < -0.39 is 4.92 Å². The molecule has 0 saturated carbocycles. The highest BCUT2D eigenvalue weighted by Gasteiger charge is 2.19. The van der Waals surface area contributed by atoms with Gasteiger partial charge in [-0.2, -0.15) is 0 Å². The lowest BCUT2D eigenvalue weighted by molar-refractivity contribution is -0.384. The summed E-state index contributed by atoms with van der Waals surface area (Å²) < 4.78 is 1.45. The zero-order valence-corrected chi connectivity index (χ0v) is 17.0. The molecule has 0 saturated heterocycles. The number of aromatic nitrogens is 1. The molecule has 1 aromatic heterocycles. The van der Waals surface area contributed by atoms with Crippen LogP contribution in [0.3, 0.4) is 0 Å². The highest BCUT2D eigenvalue weighted by molar-refractivity contribution is 8.02. The largest absolute Gasteiger partial charge is 0.325 e. The first-order chi connectivity index (χ1) is 12.7. The van der Waals surface area contributed by atoms with Crippen LogP contribution in [0.1, 0.15) is 23.6 Å². The van der Waals surface area contributed by atoms with Crippen molar-refractivity contribution in [3.8, 4) is 0 Å². The molecule has 3 aromatic rings. The Labute approximate surface area is 165 Å². The Bertz CT molecular complexity index is 1020. The number of rotatable bonds is 5. The molecule has 2 aromatic carbocycles. The number of thioether (sulfide) groups is 1. The lowest BCUT2D eigenvalue weighted by Crippen LogP contribution is -2.23. The molecule has 0 radical (unpaired) electrons. The number of carbonyl (C=O) groups is 1. The van der Waals surface area contributed by atoms with E-state index in [-0.39, 0.29) is 16.8 Å². The summed E-state index contributed by atoms with van der Waals surface area (Å²) in [7, 11) is 0. The molecule has 0 aliphatic carbocycles. The van der Waals surface area contributed by atoms with Crippen LogP contribution in [0.15, 0.2) is 34.7 Å². The number of amides is 1. The fourth-order valence-electron chi connectivity index (χ4n) is 2.86. The minimum Gasteiger partial charge on any atom is -0.325 e. The number of nitro benzene ring substituents is 1. The SMILES string of the molecule is Cc1cc(C)c(NC(=O)C(C)Sc2nc3ccc([N+](=O)[O-])cc3s2)c(C)c1. The summed E-state index contributed by atoms with van der Waals surface area (Å²) in [6.07, 6.45) is 0. The van der Waals surface area contributed by atoms with Crippen molar-refractivity contribution in [1.29, 1.82) is 0 Å². The van der Waals surface area contributed by atoms with Crippen LogP contribution in [0.25, 0.3) is 10.2 Å². The van der Waals surface area contributed by atoms with Gasteiger partial charge >= 0.3 is 0 Å². The van der Waals surface area contributed by atoms with E-state index in [0.717, 1.165) is 27.1 Å². The fraction of sp³-hybridized carbons (Fsp3) is 0.263. The lowest BCUT2D eigenvalue weighted by Gasteiger charge is -2.15. The van der Waals surface area contributed by atoms with Crippen LogP contribution in [0.5, 0.6) is 0 Å². The molecule has 8 heteroatoms. The molecule has 140 valence electrons. The van der Waals surface area contributed by atoms with Crippen molar-refractivity contribution in [2.45, 2.75) is 37.3 Å². The summed E-state index contributed by atoms with van der Waals surface area (Å²) in [5.74, 6) is -0.0970. The third kappa shape index (κ3) is 4.28. The first-order valence-electron chi connectivity index (χ1n) is 8.35. The third-order valence-corrected chi connectivity index (χ3v) is 6.35. The summed E-state index contributed by atoms with van der Waals surface area (Å²) in [6.45, 7) is 7.82. The number of fused-ring (bicyclic) bond motifs is 1. The van der Waals surface area contributed by atoms with E-state index in [2.05, 4.69) is 10.3 Å². The standard InChI is InChI=1S/C19H19N3O3S2/c1-10-7-11(2)17(12(3)8-10)21-18(23)13(4)26-19-20-15-6-5-14(22(24)25)9-16(15)27-19/h5-9,13H,1-4H3,(H,21,23).